The molecule has 0 saturated carbocycles. The van der Waals surface area contributed by atoms with Gasteiger partial charge in [0.25, 0.3) is 0 Å². The van der Waals surface area contributed by atoms with E-state index in [0.717, 1.165) is 6.07 Å². The molecule has 0 saturated heterocycles. The Kier molecular flexibility index (Phi) is 2.82. The van der Waals surface area contributed by atoms with Crippen LogP contribution in [0.15, 0.2) is 18.2 Å². The maximum absolute atomic E-state index is 13.4. The maximum atomic E-state index is 13.4. The first-order valence-electron chi connectivity index (χ1n) is 4.75. The quantitative estimate of drug-likeness (QED) is 0.809. The van der Waals surface area contributed by atoms with Crippen molar-refractivity contribution in [3.05, 3.63) is 41.2 Å². The van der Waals surface area contributed by atoms with E-state index in [4.69, 9.17) is 11.5 Å². The first-order chi connectivity index (χ1) is 8.06. The van der Waals surface area contributed by atoms with Gasteiger partial charge in [-0.15, -0.1) is 0 Å². The van der Waals surface area contributed by atoms with Crippen LogP contribution in [-0.4, -0.2) is 15.0 Å². The largest absolute Gasteiger partial charge is 0.368 e. The summed E-state index contributed by atoms with van der Waals surface area (Å²) < 4.78 is 26.3. The lowest BCUT2D eigenvalue weighted by molar-refractivity contribution is 0.500. The molecule has 0 aliphatic rings. The molecule has 88 valence electrons. The Morgan fingerprint density at radius 2 is 1.65 bits per heavy atom. The summed E-state index contributed by atoms with van der Waals surface area (Å²) in [7, 11) is 0. The van der Waals surface area contributed by atoms with Gasteiger partial charge in [-0.1, -0.05) is 12.1 Å². The molecule has 5 nitrogen and oxygen atoms in total. The Bertz CT molecular complexity index is 538. The molecule has 0 unspecified atom stereocenters. The van der Waals surface area contributed by atoms with Crippen LogP contribution in [-0.2, 0) is 6.42 Å². The first-order valence-corrected chi connectivity index (χ1v) is 4.75. The summed E-state index contributed by atoms with van der Waals surface area (Å²) in [6, 6.07) is 3.88. The van der Waals surface area contributed by atoms with Gasteiger partial charge in [0.05, 0.1) is 0 Å². The predicted molar refractivity (Wildman–Crippen MR) is 57.8 cm³/mol. The normalized spacial score (nSPS) is 10.5. The van der Waals surface area contributed by atoms with Crippen LogP contribution in [0, 0.1) is 11.6 Å². The van der Waals surface area contributed by atoms with Crippen LogP contribution in [0.1, 0.15) is 11.4 Å². The minimum Gasteiger partial charge on any atom is -0.368 e. The fourth-order valence-corrected chi connectivity index (χ4v) is 1.39. The lowest BCUT2D eigenvalue weighted by Gasteiger charge is -2.04. The van der Waals surface area contributed by atoms with Gasteiger partial charge in [-0.3, -0.25) is 0 Å². The van der Waals surface area contributed by atoms with Crippen LogP contribution in [0.25, 0.3) is 0 Å². The second kappa shape index (κ2) is 4.28. The topological polar surface area (TPSA) is 90.7 Å². The zero-order chi connectivity index (χ0) is 12.4. The van der Waals surface area contributed by atoms with E-state index in [0.29, 0.717) is 0 Å². The molecule has 4 N–H and O–H groups in total. The van der Waals surface area contributed by atoms with E-state index in [-0.39, 0.29) is 29.7 Å². The van der Waals surface area contributed by atoms with Gasteiger partial charge in [0.1, 0.15) is 5.82 Å². The highest BCUT2D eigenvalue weighted by molar-refractivity contribution is 5.29. The van der Waals surface area contributed by atoms with Crippen molar-refractivity contribution in [1.82, 2.24) is 15.0 Å². The number of benzene rings is 1. The van der Waals surface area contributed by atoms with E-state index in [1.165, 1.54) is 12.1 Å². The summed E-state index contributed by atoms with van der Waals surface area (Å²) in [5, 5.41) is 0. The summed E-state index contributed by atoms with van der Waals surface area (Å²) in [6.07, 6.45) is 0.000509. The zero-order valence-corrected chi connectivity index (χ0v) is 8.69. The molecule has 1 heterocycles. The van der Waals surface area contributed by atoms with Crippen LogP contribution < -0.4 is 11.5 Å². The average Bonchev–Trinajstić information content (AvgIpc) is 2.23. The lowest BCUT2D eigenvalue weighted by Crippen LogP contribution is -2.08. The number of rotatable bonds is 2. The Morgan fingerprint density at radius 1 is 1.00 bits per heavy atom. The predicted octanol–water partition coefficient (Wildman–Crippen LogP) is 0.905. The lowest BCUT2D eigenvalue weighted by atomic mass is 10.1. The summed E-state index contributed by atoms with van der Waals surface area (Å²) in [6.45, 7) is 0. The molecule has 2 aromatic rings. The summed E-state index contributed by atoms with van der Waals surface area (Å²) in [5.74, 6) is -1.75. The van der Waals surface area contributed by atoms with E-state index >= 15 is 0 Å². The average molecular weight is 237 g/mol. The molecular weight excluding hydrogens is 228 g/mol. The maximum Gasteiger partial charge on any atom is 0.225 e. The molecule has 0 aliphatic carbocycles. The Balaban J connectivity index is 2.34. The number of aromatic nitrogens is 3. The Labute approximate surface area is 95.5 Å². The van der Waals surface area contributed by atoms with Crippen LogP contribution in [0.2, 0.25) is 0 Å². The molecule has 0 fully saturated rings. The number of hydrogen-bond donors (Lipinski definition) is 2. The van der Waals surface area contributed by atoms with Gasteiger partial charge in [-0.25, -0.2) is 8.78 Å². The summed E-state index contributed by atoms with van der Waals surface area (Å²) >= 11 is 0. The molecule has 17 heavy (non-hydrogen) atoms. The Hall–Kier alpha value is -2.31. The van der Waals surface area contributed by atoms with E-state index < -0.39 is 11.6 Å². The van der Waals surface area contributed by atoms with Gasteiger partial charge in [-0.05, 0) is 11.6 Å². The molecule has 0 spiro atoms. The third-order valence-corrected chi connectivity index (χ3v) is 2.10. The molecular formula is C10H9F2N5. The van der Waals surface area contributed by atoms with Crippen LogP contribution in [0.4, 0.5) is 20.7 Å². The smallest absolute Gasteiger partial charge is 0.225 e. The third-order valence-electron chi connectivity index (χ3n) is 2.10. The van der Waals surface area contributed by atoms with Gasteiger partial charge < -0.3 is 11.5 Å². The van der Waals surface area contributed by atoms with Gasteiger partial charge >= 0.3 is 0 Å². The fourth-order valence-electron chi connectivity index (χ4n) is 1.39. The van der Waals surface area contributed by atoms with Crippen molar-refractivity contribution >= 4 is 11.9 Å². The number of hydrogen-bond acceptors (Lipinski definition) is 5. The van der Waals surface area contributed by atoms with Crippen molar-refractivity contribution in [2.24, 2.45) is 0 Å². The van der Waals surface area contributed by atoms with Crippen molar-refractivity contribution in [2.45, 2.75) is 6.42 Å². The highest BCUT2D eigenvalue weighted by Gasteiger charge is 2.10. The van der Waals surface area contributed by atoms with Crippen molar-refractivity contribution in [3.63, 3.8) is 0 Å². The summed E-state index contributed by atoms with van der Waals surface area (Å²) in [4.78, 5) is 11.2. The zero-order valence-electron chi connectivity index (χ0n) is 8.69. The number of nitrogens with zero attached hydrogens (tertiary/aromatic N) is 3. The molecule has 1 aromatic heterocycles. The van der Waals surface area contributed by atoms with Crippen molar-refractivity contribution in [3.8, 4) is 0 Å². The van der Waals surface area contributed by atoms with Crippen LogP contribution in [0.5, 0.6) is 0 Å². The number of nitrogen functional groups attached to an aromatic ring is 2. The van der Waals surface area contributed by atoms with E-state index in [1.54, 1.807) is 0 Å². The number of halogens is 2. The van der Waals surface area contributed by atoms with Crippen molar-refractivity contribution < 1.29 is 8.78 Å². The standard InChI is InChI=1S/C10H9F2N5/c11-6-3-1-2-5(8(6)12)4-7-15-9(13)17-10(14)16-7/h1-3H,4H2,(H4,13,14,15,16,17). The molecule has 2 rings (SSSR count). The van der Waals surface area contributed by atoms with Gasteiger partial charge in [0.2, 0.25) is 11.9 Å². The summed E-state index contributed by atoms with van der Waals surface area (Å²) in [5.41, 5.74) is 10.9. The van der Waals surface area contributed by atoms with Crippen LogP contribution in [0.3, 0.4) is 0 Å². The molecule has 7 heteroatoms. The third kappa shape index (κ3) is 2.44. The minimum atomic E-state index is -0.926. The van der Waals surface area contributed by atoms with Gasteiger partial charge in [0, 0.05) is 6.42 Å². The second-order valence-electron chi connectivity index (χ2n) is 3.36. The molecule has 0 amide bonds. The van der Waals surface area contributed by atoms with Crippen LogP contribution >= 0.6 is 0 Å². The second-order valence-corrected chi connectivity index (χ2v) is 3.36. The SMILES string of the molecule is Nc1nc(N)nc(Cc2cccc(F)c2F)n1. The van der Waals surface area contributed by atoms with Gasteiger partial charge in [-0.2, -0.15) is 15.0 Å². The monoisotopic (exact) mass is 237 g/mol. The van der Waals surface area contributed by atoms with Crippen molar-refractivity contribution in [2.75, 3.05) is 11.5 Å². The molecule has 0 radical (unpaired) electrons. The van der Waals surface area contributed by atoms with Gasteiger partial charge in [0.15, 0.2) is 11.6 Å². The van der Waals surface area contributed by atoms with Crippen molar-refractivity contribution in [1.29, 1.82) is 0 Å². The highest BCUT2D eigenvalue weighted by atomic mass is 19.2. The number of nitrogens with two attached hydrogens (primary N) is 2. The Morgan fingerprint density at radius 3 is 2.29 bits per heavy atom. The van der Waals surface area contributed by atoms with E-state index in [9.17, 15) is 8.78 Å². The molecule has 1 aromatic carbocycles. The van der Waals surface area contributed by atoms with E-state index in [2.05, 4.69) is 15.0 Å². The fraction of sp³-hybridized carbons (Fsp3) is 0.100. The molecule has 0 bridgehead atoms. The molecule has 0 aliphatic heterocycles. The van der Waals surface area contributed by atoms with E-state index in [1.807, 2.05) is 0 Å². The molecule has 0 atom stereocenters. The highest BCUT2D eigenvalue weighted by Crippen LogP contribution is 2.14. The minimum absolute atomic E-state index is 0.000509. The first kappa shape index (κ1) is 11.2. The number of anilines is 2.